The highest BCUT2D eigenvalue weighted by atomic mass is 35.5. The number of aryl methyl sites for hydroxylation is 2. The lowest BCUT2D eigenvalue weighted by Gasteiger charge is -2.07. The Morgan fingerprint density at radius 2 is 1.76 bits per heavy atom. The zero-order chi connectivity index (χ0) is 20.4. The van der Waals surface area contributed by atoms with Gasteiger partial charge in [0.25, 0.3) is 5.91 Å². The monoisotopic (exact) mass is 402 g/mol. The van der Waals surface area contributed by atoms with E-state index in [1.54, 1.807) is 16.8 Å². The maximum absolute atomic E-state index is 12.9. The van der Waals surface area contributed by atoms with E-state index in [-0.39, 0.29) is 11.7 Å². The first kappa shape index (κ1) is 18.9. The van der Waals surface area contributed by atoms with Gasteiger partial charge in [-0.25, -0.2) is 9.67 Å². The highest BCUT2D eigenvalue weighted by molar-refractivity contribution is 6.31. The zero-order valence-electron chi connectivity index (χ0n) is 16.1. The van der Waals surface area contributed by atoms with Crippen LogP contribution in [0.15, 0.2) is 72.8 Å². The van der Waals surface area contributed by atoms with Crippen LogP contribution in [0.25, 0.3) is 17.1 Å². The van der Waals surface area contributed by atoms with E-state index >= 15 is 0 Å². The van der Waals surface area contributed by atoms with Gasteiger partial charge in [0.05, 0.1) is 5.69 Å². The minimum Gasteiger partial charge on any atom is -0.319 e. The number of carbonyl (C=O) groups excluding carboxylic acids is 1. The molecule has 0 bridgehead atoms. The summed E-state index contributed by atoms with van der Waals surface area (Å²) < 4.78 is 1.70. The molecule has 0 aliphatic carbocycles. The van der Waals surface area contributed by atoms with Crippen molar-refractivity contribution in [3.8, 4) is 17.1 Å². The van der Waals surface area contributed by atoms with Crippen LogP contribution >= 0.6 is 11.6 Å². The maximum Gasteiger partial charge on any atom is 0.295 e. The van der Waals surface area contributed by atoms with E-state index in [1.165, 1.54) is 0 Å². The van der Waals surface area contributed by atoms with Crippen molar-refractivity contribution in [2.45, 2.75) is 13.8 Å². The predicted molar refractivity (Wildman–Crippen MR) is 116 cm³/mol. The Morgan fingerprint density at radius 3 is 2.52 bits per heavy atom. The summed E-state index contributed by atoms with van der Waals surface area (Å²) in [5.41, 5.74) is 4.35. The van der Waals surface area contributed by atoms with Gasteiger partial charge >= 0.3 is 0 Å². The first-order valence-electron chi connectivity index (χ1n) is 9.18. The number of hydrogen-bond acceptors (Lipinski definition) is 3. The van der Waals surface area contributed by atoms with Crippen LogP contribution in [0.1, 0.15) is 21.7 Å². The van der Waals surface area contributed by atoms with Gasteiger partial charge in [0, 0.05) is 16.3 Å². The van der Waals surface area contributed by atoms with E-state index < -0.39 is 0 Å². The lowest BCUT2D eigenvalue weighted by Crippen LogP contribution is -2.15. The number of rotatable bonds is 4. The van der Waals surface area contributed by atoms with Crippen molar-refractivity contribution in [3.05, 3.63) is 94.8 Å². The van der Waals surface area contributed by atoms with Crippen LogP contribution in [0.3, 0.4) is 0 Å². The van der Waals surface area contributed by atoms with Crippen LogP contribution in [-0.4, -0.2) is 20.7 Å². The molecule has 6 heteroatoms. The summed E-state index contributed by atoms with van der Waals surface area (Å²) in [5.74, 6) is 0.299. The van der Waals surface area contributed by atoms with Crippen molar-refractivity contribution in [3.63, 3.8) is 0 Å². The summed E-state index contributed by atoms with van der Waals surface area (Å²) >= 11 is 6.06. The number of benzene rings is 3. The molecule has 29 heavy (non-hydrogen) atoms. The van der Waals surface area contributed by atoms with Crippen LogP contribution < -0.4 is 5.32 Å². The molecule has 1 amide bonds. The van der Waals surface area contributed by atoms with Crippen molar-refractivity contribution in [2.24, 2.45) is 0 Å². The molecule has 1 N–H and O–H groups in total. The Kier molecular flexibility index (Phi) is 5.14. The van der Waals surface area contributed by atoms with E-state index in [1.807, 2.05) is 74.5 Å². The second-order valence-corrected chi connectivity index (χ2v) is 7.23. The second kappa shape index (κ2) is 7.89. The van der Waals surface area contributed by atoms with Crippen molar-refractivity contribution in [1.29, 1.82) is 0 Å². The van der Waals surface area contributed by atoms with Gasteiger partial charge in [-0.1, -0.05) is 60.1 Å². The standard InChI is InChI=1S/C23H19ClN4O/c1-15-7-6-10-19(13-15)28-22(17-8-4-3-5-9-17)26-21(27-28)23(29)25-20-14-18(24)12-11-16(20)2/h3-14H,1-2H3,(H,25,29). The molecule has 0 spiro atoms. The Hall–Kier alpha value is -3.44. The number of anilines is 1. The second-order valence-electron chi connectivity index (χ2n) is 6.79. The molecule has 3 aromatic carbocycles. The Bertz CT molecular complexity index is 1180. The topological polar surface area (TPSA) is 59.8 Å². The highest BCUT2D eigenvalue weighted by Crippen LogP contribution is 2.23. The first-order valence-corrected chi connectivity index (χ1v) is 9.56. The first-order chi connectivity index (χ1) is 14.0. The van der Waals surface area contributed by atoms with Gasteiger partial charge in [-0.3, -0.25) is 4.79 Å². The number of carbonyl (C=O) groups is 1. The molecule has 4 aromatic rings. The number of nitrogens with one attached hydrogen (secondary N) is 1. The molecule has 0 saturated carbocycles. The quantitative estimate of drug-likeness (QED) is 0.493. The average Bonchev–Trinajstić information content (AvgIpc) is 3.17. The Balaban J connectivity index is 1.77. The van der Waals surface area contributed by atoms with Gasteiger partial charge in [0.1, 0.15) is 0 Å². The molecular weight excluding hydrogens is 384 g/mol. The predicted octanol–water partition coefficient (Wildman–Crippen LogP) is 5.46. The number of nitrogens with zero attached hydrogens (tertiary/aromatic N) is 3. The van der Waals surface area contributed by atoms with Gasteiger partial charge in [-0.2, -0.15) is 0 Å². The fourth-order valence-corrected chi connectivity index (χ4v) is 3.20. The number of amides is 1. The fourth-order valence-electron chi connectivity index (χ4n) is 3.03. The minimum absolute atomic E-state index is 0.0877. The molecule has 4 rings (SSSR count). The lowest BCUT2D eigenvalue weighted by atomic mass is 10.2. The van der Waals surface area contributed by atoms with Crippen LogP contribution in [0, 0.1) is 13.8 Å². The third-order valence-electron chi connectivity index (χ3n) is 4.54. The lowest BCUT2D eigenvalue weighted by molar-refractivity contribution is 0.101. The van der Waals surface area contributed by atoms with Gasteiger partial charge in [0.15, 0.2) is 5.82 Å². The molecule has 144 valence electrons. The summed E-state index contributed by atoms with van der Waals surface area (Å²) in [7, 11) is 0. The van der Waals surface area contributed by atoms with E-state index in [0.717, 1.165) is 22.4 Å². The minimum atomic E-state index is -0.390. The summed E-state index contributed by atoms with van der Waals surface area (Å²) in [6.45, 7) is 3.91. The Morgan fingerprint density at radius 1 is 0.966 bits per heavy atom. The normalized spacial score (nSPS) is 10.7. The van der Waals surface area contributed by atoms with Crippen LogP contribution in [-0.2, 0) is 0 Å². The zero-order valence-corrected chi connectivity index (χ0v) is 16.8. The molecule has 0 unspecified atom stereocenters. The number of halogens is 1. The smallest absolute Gasteiger partial charge is 0.295 e. The molecule has 0 aliphatic rings. The largest absolute Gasteiger partial charge is 0.319 e. The summed E-state index contributed by atoms with van der Waals surface area (Å²) in [6.07, 6.45) is 0. The van der Waals surface area contributed by atoms with Gasteiger partial charge < -0.3 is 5.32 Å². The fraction of sp³-hybridized carbons (Fsp3) is 0.0870. The molecule has 0 radical (unpaired) electrons. The third-order valence-corrected chi connectivity index (χ3v) is 4.77. The molecule has 0 atom stereocenters. The van der Waals surface area contributed by atoms with Crippen LogP contribution in [0.5, 0.6) is 0 Å². The van der Waals surface area contributed by atoms with Crippen molar-refractivity contribution < 1.29 is 4.79 Å². The highest BCUT2D eigenvalue weighted by Gasteiger charge is 2.19. The molecular formula is C23H19ClN4O. The maximum atomic E-state index is 12.9. The molecule has 1 heterocycles. The van der Waals surface area contributed by atoms with E-state index in [4.69, 9.17) is 11.6 Å². The Labute approximate surface area is 174 Å². The van der Waals surface area contributed by atoms with Crippen molar-refractivity contribution in [1.82, 2.24) is 14.8 Å². The van der Waals surface area contributed by atoms with Crippen molar-refractivity contribution in [2.75, 3.05) is 5.32 Å². The molecule has 5 nitrogen and oxygen atoms in total. The average molecular weight is 403 g/mol. The van der Waals surface area contributed by atoms with Crippen LogP contribution in [0.2, 0.25) is 5.02 Å². The van der Waals surface area contributed by atoms with Gasteiger partial charge in [-0.05, 0) is 49.2 Å². The molecule has 0 fully saturated rings. The van der Waals surface area contributed by atoms with E-state index in [9.17, 15) is 4.79 Å². The van der Waals surface area contributed by atoms with Gasteiger partial charge in [-0.15, -0.1) is 5.10 Å². The number of aromatic nitrogens is 3. The molecule has 1 aromatic heterocycles. The van der Waals surface area contributed by atoms with E-state index in [2.05, 4.69) is 15.4 Å². The molecule has 0 saturated heterocycles. The molecule has 0 aliphatic heterocycles. The SMILES string of the molecule is Cc1cccc(-n2nc(C(=O)Nc3cc(Cl)ccc3C)nc2-c2ccccc2)c1. The third kappa shape index (κ3) is 4.05. The summed E-state index contributed by atoms with van der Waals surface area (Å²) in [4.78, 5) is 17.4. The van der Waals surface area contributed by atoms with Gasteiger partial charge in [0.2, 0.25) is 5.82 Å². The number of hydrogen-bond donors (Lipinski definition) is 1. The summed E-state index contributed by atoms with van der Waals surface area (Å²) in [5, 5.41) is 7.92. The van der Waals surface area contributed by atoms with Crippen LogP contribution in [0.4, 0.5) is 5.69 Å². The van der Waals surface area contributed by atoms with Crippen molar-refractivity contribution >= 4 is 23.2 Å². The van der Waals surface area contributed by atoms with E-state index in [0.29, 0.717) is 16.5 Å². The summed E-state index contributed by atoms with van der Waals surface area (Å²) in [6, 6.07) is 22.9.